The van der Waals surface area contributed by atoms with Gasteiger partial charge in [-0.2, -0.15) is 0 Å². The summed E-state index contributed by atoms with van der Waals surface area (Å²) in [6.07, 6.45) is 0. The number of anilines is 2. The van der Waals surface area contributed by atoms with Crippen LogP contribution in [0.15, 0.2) is 24.3 Å². The zero-order chi connectivity index (χ0) is 17.0. The quantitative estimate of drug-likeness (QED) is 0.802. The Hall–Kier alpha value is -2.05. The summed E-state index contributed by atoms with van der Waals surface area (Å²) < 4.78 is 4.78. The van der Waals surface area contributed by atoms with Gasteiger partial charge in [-0.3, -0.25) is 4.79 Å². The fourth-order valence-electron chi connectivity index (χ4n) is 2.01. The number of hydrogen-bond donors (Lipinski definition) is 2. The molecule has 0 saturated heterocycles. The number of methoxy groups -OCH3 is 1. The molecule has 5 nitrogen and oxygen atoms in total. The maximum atomic E-state index is 12.1. The highest BCUT2D eigenvalue weighted by Crippen LogP contribution is 2.32. The van der Waals surface area contributed by atoms with Gasteiger partial charge in [-0.25, -0.2) is 4.79 Å². The Labute approximate surface area is 143 Å². The first-order chi connectivity index (χ1) is 10.9. The molecule has 0 aliphatic rings. The van der Waals surface area contributed by atoms with E-state index in [1.165, 1.54) is 18.4 Å². The van der Waals surface area contributed by atoms with Crippen molar-refractivity contribution in [1.29, 1.82) is 0 Å². The van der Waals surface area contributed by atoms with Crippen molar-refractivity contribution >= 4 is 45.5 Å². The summed E-state index contributed by atoms with van der Waals surface area (Å²) in [6, 6.07) is 7.10. The van der Waals surface area contributed by atoms with Crippen molar-refractivity contribution in [2.75, 3.05) is 24.3 Å². The molecule has 0 radical (unpaired) electrons. The SMILES string of the molecule is COC(=O)c1c(NC(=O)CNc2cccc(Cl)c2)sc(C)c1C. The van der Waals surface area contributed by atoms with E-state index in [0.29, 0.717) is 15.6 Å². The molecular formula is C16H17ClN2O3S. The first kappa shape index (κ1) is 17.3. The third-order valence-electron chi connectivity index (χ3n) is 3.31. The van der Waals surface area contributed by atoms with Crippen molar-refractivity contribution in [3.8, 4) is 0 Å². The Bertz CT molecular complexity index is 743. The molecule has 7 heteroatoms. The number of nitrogens with one attached hydrogen (secondary N) is 2. The molecule has 0 spiro atoms. The Kier molecular flexibility index (Phi) is 5.63. The van der Waals surface area contributed by atoms with E-state index < -0.39 is 5.97 Å². The Morgan fingerprint density at radius 1 is 1.30 bits per heavy atom. The lowest BCUT2D eigenvalue weighted by atomic mass is 10.1. The van der Waals surface area contributed by atoms with Crippen molar-refractivity contribution in [2.24, 2.45) is 0 Å². The highest BCUT2D eigenvalue weighted by atomic mass is 35.5. The molecule has 0 unspecified atom stereocenters. The van der Waals surface area contributed by atoms with Gasteiger partial charge in [-0.15, -0.1) is 11.3 Å². The number of carbonyl (C=O) groups excluding carboxylic acids is 2. The van der Waals surface area contributed by atoms with Crippen LogP contribution in [0.1, 0.15) is 20.8 Å². The van der Waals surface area contributed by atoms with E-state index in [2.05, 4.69) is 10.6 Å². The fourth-order valence-corrected chi connectivity index (χ4v) is 3.27. The zero-order valence-electron chi connectivity index (χ0n) is 13.0. The molecule has 2 rings (SSSR count). The van der Waals surface area contributed by atoms with Crippen LogP contribution in [0.25, 0.3) is 0 Å². The standard InChI is InChI=1S/C16H17ClN2O3S/c1-9-10(2)23-15(14(9)16(21)22-3)19-13(20)8-18-12-6-4-5-11(17)7-12/h4-7,18H,8H2,1-3H3,(H,19,20). The van der Waals surface area contributed by atoms with Gasteiger partial charge in [-0.05, 0) is 37.6 Å². The lowest BCUT2D eigenvalue weighted by molar-refractivity contribution is -0.114. The second kappa shape index (κ2) is 7.48. The average molecular weight is 353 g/mol. The van der Waals surface area contributed by atoms with E-state index in [-0.39, 0.29) is 12.5 Å². The predicted molar refractivity (Wildman–Crippen MR) is 93.7 cm³/mol. The van der Waals surface area contributed by atoms with Gasteiger partial charge in [-0.1, -0.05) is 17.7 Å². The summed E-state index contributed by atoms with van der Waals surface area (Å²) in [6.45, 7) is 3.79. The minimum atomic E-state index is -0.454. The van der Waals surface area contributed by atoms with Gasteiger partial charge in [0.25, 0.3) is 0 Å². The number of benzene rings is 1. The van der Waals surface area contributed by atoms with Crippen LogP contribution >= 0.6 is 22.9 Å². The molecule has 2 N–H and O–H groups in total. The van der Waals surface area contributed by atoms with Gasteiger partial charge >= 0.3 is 5.97 Å². The number of thiophene rings is 1. The van der Waals surface area contributed by atoms with Crippen molar-refractivity contribution in [2.45, 2.75) is 13.8 Å². The lowest BCUT2D eigenvalue weighted by Crippen LogP contribution is -2.22. The summed E-state index contributed by atoms with van der Waals surface area (Å²) in [5.41, 5.74) is 1.98. The molecule has 1 aromatic heterocycles. The van der Waals surface area contributed by atoms with Gasteiger partial charge in [0.1, 0.15) is 5.00 Å². The van der Waals surface area contributed by atoms with Crippen LogP contribution in [-0.2, 0) is 9.53 Å². The van der Waals surface area contributed by atoms with E-state index in [9.17, 15) is 9.59 Å². The number of hydrogen-bond acceptors (Lipinski definition) is 5. The van der Waals surface area contributed by atoms with Crippen LogP contribution < -0.4 is 10.6 Å². The van der Waals surface area contributed by atoms with Crippen LogP contribution in [0.4, 0.5) is 10.7 Å². The molecule has 1 aromatic carbocycles. The highest BCUT2D eigenvalue weighted by molar-refractivity contribution is 7.16. The van der Waals surface area contributed by atoms with Crippen molar-refractivity contribution < 1.29 is 14.3 Å². The molecule has 2 aromatic rings. The number of amides is 1. The van der Waals surface area contributed by atoms with Crippen molar-refractivity contribution in [1.82, 2.24) is 0 Å². The summed E-state index contributed by atoms with van der Waals surface area (Å²) in [5, 5.41) is 6.83. The summed E-state index contributed by atoms with van der Waals surface area (Å²) in [5.74, 6) is -0.707. The lowest BCUT2D eigenvalue weighted by Gasteiger charge is -2.08. The fraction of sp³-hybridized carbons (Fsp3) is 0.250. The van der Waals surface area contributed by atoms with Crippen molar-refractivity contribution in [3.63, 3.8) is 0 Å². The molecule has 0 bridgehead atoms. The van der Waals surface area contributed by atoms with E-state index in [4.69, 9.17) is 16.3 Å². The van der Waals surface area contributed by atoms with E-state index in [0.717, 1.165) is 16.1 Å². The van der Waals surface area contributed by atoms with Gasteiger partial charge < -0.3 is 15.4 Å². The maximum Gasteiger partial charge on any atom is 0.341 e. The second-order valence-corrected chi connectivity index (χ2v) is 6.55. The third-order valence-corrected chi connectivity index (χ3v) is 4.66. The van der Waals surface area contributed by atoms with Gasteiger partial charge in [0, 0.05) is 15.6 Å². The third kappa shape index (κ3) is 4.24. The molecule has 122 valence electrons. The summed E-state index contributed by atoms with van der Waals surface area (Å²) in [4.78, 5) is 24.9. The minimum Gasteiger partial charge on any atom is -0.465 e. The molecule has 0 aliphatic heterocycles. The number of rotatable bonds is 5. The second-order valence-electron chi connectivity index (χ2n) is 4.89. The zero-order valence-corrected chi connectivity index (χ0v) is 14.6. The molecule has 1 heterocycles. The minimum absolute atomic E-state index is 0.0664. The topological polar surface area (TPSA) is 67.4 Å². The monoisotopic (exact) mass is 352 g/mol. The molecule has 0 fully saturated rings. The summed E-state index contributed by atoms with van der Waals surface area (Å²) >= 11 is 7.25. The van der Waals surface area contributed by atoms with Crippen molar-refractivity contribution in [3.05, 3.63) is 45.3 Å². The largest absolute Gasteiger partial charge is 0.465 e. The molecule has 0 atom stereocenters. The Balaban J connectivity index is 2.06. The smallest absolute Gasteiger partial charge is 0.341 e. The van der Waals surface area contributed by atoms with Crippen LogP contribution in [0.5, 0.6) is 0 Å². The average Bonchev–Trinajstić information content (AvgIpc) is 2.79. The first-order valence-electron chi connectivity index (χ1n) is 6.90. The maximum absolute atomic E-state index is 12.1. The van der Waals surface area contributed by atoms with Crippen LogP contribution in [0.3, 0.4) is 0 Å². The Morgan fingerprint density at radius 3 is 2.70 bits per heavy atom. The van der Waals surface area contributed by atoms with Crippen LogP contribution in [-0.4, -0.2) is 25.5 Å². The number of aryl methyl sites for hydroxylation is 1. The van der Waals surface area contributed by atoms with E-state index in [1.54, 1.807) is 18.2 Å². The van der Waals surface area contributed by atoms with Gasteiger partial charge in [0.05, 0.1) is 19.2 Å². The number of ether oxygens (including phenoxy) is 1. The molecule has 23 heavy (non-hydrogen) atoms. The highest BCUT2D eigenvalue weighted by Gasteiger charge is 2.21. The number of halogens is 1. The number of carbonyl (C=O) groups is 2. The summed E-state index contributed by atoms with van der Waals surface area (Å²) in [7, 11) is 1.32. The van der Waals surface area contributed by atoms with Crippen LogP contribution in [0, 0.1) is 13.8 Å². The molecule has 0 aliphatic carbocycles. The predicted octanol–water partition coefficient (Wildman–Crippen LogP) is 3.86. The first-order valence-corrected chi connectivity index (χ1v) is 8.09. The van der Waals surface area contributed by atoms with E-state index >= 15 is 0 Å². The van der Waals surface area contributed by atoms with E-state index in [1.807, 2.05) is 19.9 Å². The molecule has 1 amide bonds. The number of esters is 1. The Morgan fingerprint density at radius 2 is 2.04 bits per heavy atom. The normalized spacial score (nSPS) is 10.3. The molecule has 0 saturated carbocycles. The van der Waals surface area contributed by atoms with Crippen LogP contribution in [0.2, 0.25) is 5.02 Å². The van der Waals surface area contributed by atoms with Gasteiger partial charge in [0.15, 0.2) is 0 Å². The molecular weight excluding hydrogens is 336 g/mol. The van der Waals surface area contributed by atoms with Gasteiger partial charge in [0.2, 0.25) is 5.91 Å².